The molecule has 0 rings (SSSR count). The number of hydrogen-bond donors (Lipinski definition) is 4. The molecule has 2 atom stereocenters. The Bertz CT molecular complexity index is 1180. The number of aliphatic hydroxyl groups excluding tert-OH is 2. The van der Waals surface area contributed by atoms with Crippen molar-refractivity contribution >= 4 is 0 Å². The highest BCUT2D eigenvalue weighted by Crippen LogP contribution is 2.12. The van der Waals surface area contributed by atoms with Gasteiger partial charge in [0.15, 0.2) is 0 Å². The third-order valence-electron chi connectivity index (χ3n) is 6.23. The van der Waals surface area contributed by atoms with E-state index in [9.17, 15) is 20.4 Å². The normalized spacial score (nSPS) is 17.8. The first-order valence-electron chi connectivity index (χ1n) is 15.0. The first kappa shape index (κ1) is 40.5. The van der Waals surface area contributed by atoms with Crippen LogP contribution >= 0.6 is 0 Å². The van der Waals surface area contributed by atoms with Crippen LogP contribution in [-0.2, 0) is 0 Å². The van der Waals surface area contributed by atoms with E-state index in [1.807, 2.05) is 101 Å². The van der Waals surface area contributed by atoms with Crippen LogP contribution in [0.1, 0.15) is 69.2 Å². The summed E-state index contributed by atoms with van der Waals surface area (Å²) in [6.45, 7) is 18.4. The van der Waals surface area contributed by atoms with E-state index in [0.717, 1.165) is 33.4 Å². The van der Waals surface area contributed by atoms with E-state index >= 15 is 0 Å². The summed E-state index contributed by atoms with van der Waals surface area (Å²) in [7, 11) is 0. The van der Waals surface area contributed by atoms with Gasteiger partial charge in [-0.2, -0.15) is 0 Å². The third kappa shape index (κ3) is 22.1. The van der Waals surface area contributed by atoms with E-state index in [2.05, 4.69) is 38.2 Å². The average Bonchev–Trinajstić information content (AvgIpc) is 2.91. The Hall–Kier alpha value is -3.54. The van der Waals surface area contributed by atoms with Gasteiger partial charge in [0.1, 0.15) is 12.2 Å². The minimum Gasteiger partial charge on any atom is -0.387 e. The van der Waals surface area contributed by atoms with Gasteiger partial charge in [0.25, 0.3) is 0 Å². The van der Waals surface area contributed by atoms with Crippen molar-refractivity contribution < 1.29 is 20.4 Å². The highest BCUT2D eigenvalue weighted by molar-refractivity contribution is 5.33. The van der Waals surface area contributed by atoms with E-state index < -0.39 is 23.4 Å². The van der Waals surface area contributed by atoms with Crippen LogP contribution in [0.15, 0.2) is 155 Å². The maximum absolute atomic E-state index is 9.87. The summed E-state index contributed by atoms with van der Waals surface area (Å²) >= 11 is 0. The molecule has 4 heteroatoms. The van der Waals surface area contributed by atoms with Crippen LogP contribution in [-0.4, -0.2) is 43.8 Å². The zero-order valence-corrected chi connectivity index (χ0v) is 28.5. The highest BCUT2D eigenvalue weighted by Gasteiger charge is 2.21. The van der Waals surface area contributed by atoms with E-state index in [4.69, 9.17) is 0 Å². The lowest BCUT2D eigenvalue weighted by Crippen LogP contribution is -2.34. The third-order valence-corrected chi connectivity index (χ3v) is 6.23. The van der Waals surface area contributed by atoms with Gasteiger partial charge in [-0.25, -0.2) is 0 Å². The van der Waals surface area contributed by atoms with Crippen LogP contribution in [0.5, 0.6) is 0 Å². The Balaban J connectivity index is 4.87. The van der Waals surface area contributed by atoms with Crippen molar-refractivity contribution in [3.05, 3.63) is 155 Å². The standard InChI is InChI=1S/C40H56O4/c1-31(19-13-21-33(3)23-15-25-35(5)27-29-37(41)39(7,8)43)17-11-12-18-32(2)20-14-22-34(4)24-16-26-36(6)28-30-38(42)40(9,10)44/h11-30,37-38,41-44H,1-10H3/b12-11+,19-13+,20-14+,23-15+,24-16+,29-27+,30-28+,31-17+,32-18+,33-21+,34-22+,35-25+,36-26+/t37-,38-/m0/s1. The molecule has 0 fully saturated rings. The molecule has 0 aliphatic rings. The van der Waals surface area contributed by atoms with Crippen LogP contribution in [0.3, 0.4) is 0 Å². The van der Waals surface area contributed by atoms with Crippen molar-refractivity contribution in [3.63, 3.8) is 0 Å². The van der Waals surface area contributed by atoms with E-state index in [1.165, 1.54) is 0 Å². The molecule has 0 radical (unpaired) electrons. The van der Waals surface area contributed by atoms with Gasteiger partial charge in [-0.05, 0) is 69.2 Å². The molecule has 240 valence electrons. The van der Waals surface area contributed by atoms with Gasteiger partial charge in [-0.1, -0.05) is 155 Å². The number of allylic oxidation sites excluding steroid dienone is 24. The highest BCUT2D eigenvalue weighted by atomic mass is 16.3. The zero-order valence-electron chi connectivity index (χ0n) is 28.5. The molecule has 0 unspecified atom stereocenters. The first-order valence-corrected chi connectivity index (χ1v) is 15.0. The second kappa shape index (κ2) is 21.2. The maximum atomic E-state index is 9.87. The summed E-state index contributed by atoms with van der Waals surface area (Å²) in [6, 6.07) is 0. The second-order valence-corrected chi connectivity index (χ2v) is 12.2. The molecule has 4 nitrogen and oxygen atoms in total. The van der Waals surface area contributed by atoms with Crippen LogP contribution in [0.4, 0.5) is 0 Å². The Morgan fingerprint density at radius 3 is 0.818 bits per heavy atom. The van der Waals surface area contributed by atoms with Gasteiger partial charge in [-0.3, -0.25) is 0 Å². The summed E-state index contributed by atoms with van der Waals surface area (Å²) in [5, 5.41) is 39.3. The lowest BCUT2D eigenvalue weighted by Gasteiger charge is -2.21. The summed E-state index contributed by atoms with van der Waals surface area (Å²) in [6.07, 6.45) is 37.3. The molecular weight excluding hydrogens is 544 g/mol. The summed E-state index contributed by atoms with van der Waals surface area (Å²) in [5.74, 6) is 0. The van der Waals surface area contributed by atoms with E-state index in [-0.39, 0.29) is 0 Å². The zero-order chi connectivity index (χ0) is 33.8. The Morgan fingerprint density at radius 1 is 0.386 bits per heavy atom. The average molecular weight is 601 g/mol. The van der Waals surface area contributed by atoms with Gasteiger partial charge in [0.2, 0.25) is 0 Å². The summed E-state index contributed by atoms with van der Waals surface area (Å²) in [5.41, 5.74) is 4.15. The second-order valence-electron chi connectivity index (χ2n) is 12.2. The van der Waals surface area contributed by atoms with Crippen molar-refractivity contribution in [3.8, 4) is 0 Å². The van der Waals surface area contributed by atoms with Gasteiger partial charge < -0.3 is 20.4 Å². The fourth-order valence-corrected chi connectivity index (χ4v) is 3.11. The monoisotopic (exact) mass is 600 g/mol. The molecule has 0 aromatic carbocycles. The van der Waals surface area contributed by atoms with Crippen LogP contribution in [0, 0.1) is 0 Å². The van der Waals surface area contributed by atoms with Crippen LogP contribution in [0.25, 0.3) is 0 Å². The SMILES string of the molecule is CC(/C=C/C=C(C)/C=C/C=C(C)/C=C/[C@H](O)C(C)(C)O)=C\C=C\C=C(C)\C=C\C=C(C)\C=C\C=C(C)\C=C\[C@H](O)C(C)(C)O. The predicted molar refractivity (Wildman–Crippen MR) is 191 cm³/mol. The van der Waals surface area contributed by atoms with Crippen molar-refractivity contribution in [2.75, 3.05) is 0 Å². The van der Waals surface area contributed by atoms with Crippen molar-refractivity contribution in [2.24, 2.45) is 0 Å². The van der Waals surface area contributed by atoms with Crippen LogP contribution < -0.4 is 0 Å². The van der Waals surface area contributed by atoms with E-state index in [0.29, 0.717) is 0 Å². The first-order chi connectivity index (χ1) is 20.4. The molecule has 0 saturated heterocycles. The fraction of sp³-hybridized carbons (Fsp3) is 0.350. The summed E-state index contributed by atoms with van der Waals surface area (Å²) in [4.78, 5) is 0. The molecule has 0 aromatic heterocycles. The summed E-state index contributed by atoms with van der Waals surface area (Å²) < 4.78 is 0. The molecule has 0 aliphatic carbocycles. The predicted octanol–water partition coefficient (Wildman–Crippen LogP) is 8.82. The minimum absolute atomic E-state index is 0.909. The lowest BCUT2D eigenvalue weighted by atomic mass is 10.0. The Morgan fingerprint density at radius 2 is 0.591 bits per heavy atom. The molecule has 0 heterocycles. The molecule has 0 spiro atoms. The largest absolute Gasteiger partial charge is 0.387 e. The number of rotatable bonds is 16. The maximum Gasteiger partial charge on any atom is 0.101 e. The Labute approximate surface area is 267 Å². The quantitative estimate of drug-likeness (QED) is 0.133. The molecule has 0 bridgehead atoms. The van der Waals surface area contributed by atoms with Gasteiger partial charge in [0, 0.05) is 0 Å². The van der Waals surface area contributed by atoms with Crippen molar-refractivity contribution in [2.45, 2.75) is 92.6 Å². The number of hydrogen-bond acceptors (Lipinski definition) is 4. The molecule has 44 heavy (non-hydrogen) atoms. The van der Waals surface area contributed by atoms with Crippen LogP contribution in [0.2, 0.25) is 0 Å². The smallest absolute Gasteiger partial charge is 0.101 e. The van der Waals surface area contributed by atoms with E-state index in [1.54, 1.807) is 52.0 Å². The molecule has 0 saturated carbocycles. The lowest BCUT2D eigenvalue weighted by molar-refractivity contribution is -0.0227. The number of aliphatic hydroxyl groups is 4. The topological polar surface area (TPSA) is 80.9 Å². The fourth-order valence-electron chi connectivity index (χ4n) is 3.11. The molecule has 0 aromatic rings. The molecular formula is C40H56O4. The van der Waals surface area contributed by atoms with Crippen molar-refractivity contribution in [1.82, 2.24) is 0 Å². The molecule has 4 N–H and O–H groups in total. The van der Waals surface area contributed by atoms with Gasteiger partial charge >= 0.3 is 0 Å². The Kier molecular flexibility index (Phi) is 19.5. The van der Waals surface area contributed by atoms with Gasteiger partial charge in [-0.15, -0.1) is 0 Å². The minimum atomic E-state index is -1.16. The van der Waals surface area contributed by atoms with Gasteiger partial charge in [0.05, 0.1) is 11.2 Å². The van der Waals surface area contributed by atoms with Crippen molar-refractivity contribution in [1.29, 1.82) is 0 Å². The molecule has 0 aliphatic heterocycles. The molecule has 0 amide bonds.